The molecule has 0 aliphatic carbocycles. The van der Waals surface area contributed by atoms with Gasteiger partial charge in [0.05, 0.1) is 0 Å². The number of carbonyl (C=O) groups is 2. The van der Waals surface area contributed by atoms with Crippen LogP contribution < -0.4 is 62.0 Å². The van der Waals surface area contributed by atoms with E-state index in [9.17, 15) is 9.59 Å². The van der Waals surface area contributed by atoms with Crippen LogP contribution in [0.4, 0.5) is 4.79 Å². The number of fused-ring (bicyclic) bond motifs is 1. The van der Waals surface area contributed by atoms with Crippen molar-refractivity contribution in [3.63, 3.8) is 0 Å². The van der Waals surface area contributed by atoms with E-state index in [1.54, 1.807) is 6.92 Å². The minimum absolute atomic E-state index is 0. The van der Waals surface area contributed by atoms with E-state index >= 15 is 0 Å². The van der Waals surface area contributed by atoms with Gasteiger partial charge in [-0.2, -0.15) is 0 Å². The molecule has 2 heterocycles. The number of rotatable bonds is 0. The number of hydrogen-bond acceptors (Lipinski definition) is 4. The maximum atomic E-state index is 11.1. The number of aliphatic imine (C=N–C) groups is 2. The number of nitrogens with one attached hydrogen (secondary N) is 2. The van der Waals surface area contributed by atoms with Crippen LogP contribution in [-0.4, -0.2) is 29.7 Å². The maximum Gasteiger partial charge on any atom is 1.00 e. The number of amides is 3. The van der Waals surface area contributed by atoms with Crippen LogP contribution in [0.2, 0.25) is 0 Å². The summed E-state index contributed by atoms with van der Waals surface area (Å²) in [6.07, 6.45) is 1.26. The summed E-state index contributed by atoms with van der Waals surface area (Å²) in [5, 5.41) is 4.56. The molecule has 0 bridgehead atoms. The van der Waals surface area contributed by atoms with Crippen LogP contribution in [0.25, 0.3) is 0 Å². The molecule has 1 saturated heterocycles. The van der Waals surface area contributed by atoms with Crippen molar-refractivity contribution in [2.45, 2.75) is 12.6 Å². The van der Waals surface area contributed by atoms with Crippen molar-refractivity contribution in [2.75, 3.05) is 0 Å². The molecular formula is C7H9KN4O2. The SMILES string of the molecule is CC12N=CN=C1C(=O)NC(=O)N2.[CH3-].[K+]. The zero-order valence-corrected chi connectivity index (χ0v) is 11.4. The average molecular weight is 220 g/mol. The van der Waals surface area contributed by atoms with Gasteiger partial charge in [0, 0.05) is 0 Å². The van der Waals surface area contributed by atoms with Gasteiger partial charge in [0.15, 0.2) is 11.4 Å². The van der Waals surface area contributed by atoms with Gasteiger partial charge in [-0.25, -0.2) is 14.8 Å². The summed E-state index contributed by atoms with van der Waals surface area (Å²) in [7, 11) is 0. The van der Waals surface area contributed by atoms with Crippen molar-refractivity contribution in [1.82, 2.24) is 10.6 Å². The Hall–Kier alpha value is -0.0836. The zero-order valence-electron chi connectivity index (χ0n) is 8.29. The number of urea groups is 1. The van der Waals surface area contributed by atoms with E-state index in [2.05, 4.69) is 20.6 Å². The largest absolute Gasteiger partial charge is 1.00 e. The molecule has 2 rings (SSSR count). The summed E-state index contributed by atoms with van der Waals surface area (Å²) >= 11 is 0. The molecule has 2 aliphatic rings. The van der Waals surface area contributed by atoms with E-state index in [0.29, 0.717) is 0 Å². The van der Waals surface area contributed by atoms with Gasteiger partial charge in [-0.05, 0) is 6.92 Å². The first kappa shape index (κ1) is 13.9. The molecular weight excluding hydrogens is 211 g/mol. The van der Waals surface area contributed by atoms with Crippen molar-refractivity contribution in [1.29, 1.82) is 0 Å². The van der Waals surface area contributed by atoms with Crippen LogP contribution in [-0.2, 0) is 4.79 Å². The Morgan fingerprint density at radius 1 is 1.43 bits per heavy atom. The van der Waals surface area contributed by atoms with E-state index in [1.165, 1.54) is 6.34 Å². The summed E-state index contributed by atoms with van der Waals surface area (Å²) in [5.41, 5.74) is -0.735. The first-order valence-electron chi connectivity index (χ1n) is 3.37. The van der Waals surface area contributed by atoms with Gasteiger partial charge in [0.1, 0.15) is 6.34 Å². The van der Waals surface area contributed by atoms with Gasteiger partial charge in [-0.1, -0.05) is 0 Å². The fourth-order valence-corrected chi connectivity index (χ4v) is 1.17. The fraction of sp³-hybridized carbons (Fsp3) is 0.286. The first-order valence-corrected chi connectivity index (χ1v) is 3.37. The second kappa shape index (κ2) is 4.62. The van der Waals surface area contributed by atoms with Gasteiger partial charge in [-0.3, -0.25) is 10.1 Å². The monoisotopic (exact) mass is 220 g/mol. The number of imide groups is 1. The minimum Gasteiger partial charge on any atom is -0.358 e. The molecule has 1 fully saturated rings. The topological polar surface area (TPSA) is 82.9 Å². The van der Waals surface area contributed by atoms with Crippen molar-refractivity contribution in [2.24, 2.45) is 9.98 Å². The molecule has 0 saturated carbocycles. The van der Waals surface area contributed by atoms with Gasteiger partial charge >= 0.3 is 57.4 Å². The molecule has 2 N–H and O–H groups in total. The summed E-state index contributed by atoms with van der Waals surface area (Å²) < 4.78 is 0. The van der Waals surface area contributed by atoms with Crippen molar-refractivity contribution in [3.8, 4) is 0 Å². The molecule has 6 nitrogen and oxygen atoms in total. The van der Waals surface area contributed by atoms with E-state index in [4.69, 9.17) is 0 Å². The van der Waals surface area contributed by atoms with E-state index in [1.807, 2.05) is 0 Å². The molecule has 1 unspecified atom stereocenters. The van der Waals surface area contributed by atoms with E-state index in [0.717, 1.165) is 0 Å². The van der Waals surface area contributed by atoms with Gasteiger partial charge < -0.3 is 12.7 Å². The fourth-order valence-electron chi connectivity index (χ4n) is 1.17. The Balaban J connectivity index is 0.000000845. The average Bonchev–Trinajstić information content (AvgIpc) is 2.29. The third-order valence-corrected chi connectivity index (χ3v) is 1.76. The Bertz CT molecular complexity index is 339. The Labute approximate surface area is 124 Å². The molecule has 14 heavy (non-hydrogen) atoms. The Kier molecular flexibility index (Phi) is 4.60. The molecule has 2 aliphatic heterocycles. The summed E-state index contributed by atoms with van der Waals surface area (Å²) in [4.78, 5) is 29.6. The van der Waals surface area contributed by atoms with Crippen molar-refractivity contribution >= 4 is 24.0 Å². The maximum absolute atomic E-state index is 11.1. The van der Waals surface area contributed by atoms with Crippen LogP contribution in [0.5, 0.6) is 0 Å². The molecule has 0 aromatic heterocycles. The van der Waals surface area contributed by atoms with E-state index < -0.39 is 17.6 Å². The van der Waals surface area contributed by atoms with Crippen LogP contribution in [0, 0.1) is 7.43 Å². The molecule has 0 aromatic carbocycles. The van der Waals surface area contributed by atoms with Crippen LogP contribution in [0.1, 0.15) is 6.92 Å². The van der Waals surface area contributed by atoms with Crippen LogP contribution in [0.3, 0.4) is 0 Å². The van der Waals surface area contributed by atoms with Crippen molar-refractivity contribution in [3.05, 3.63) is 7.43 Å². The van der Waals surface area contributed by atoms with Crippen LogP contribution >= 0.6 is 0 Å². The molecule has 0 spiro atoms. The Morgan fingerprint density at radius 2 is 2.07 bits per heavy atom. The van der Waals surface area contributed by atoms with Crippen LogP contribution in [0.15, 0.2) is 9.98 Å². The molecule has 3 amide bonds. The zero-order chi connectivity index (χ0) is 8.77. The minimum atomic E-state index is -0.959. The second-order valence-corrected chi connectivity index (χ2v) is 2.70. The standard InChI is InChI=1S/C6H6N4O2.CH3.K/c1-6-3(7-2-8-6)4(11)9-5(12)10-6;;/h2H,1H3,(H2,9,10,11,12);1H3;/q;-1;+1. The first-order chi connectivity index (χ1) is 5.62. The van der Waals surface area contributed by atoms with E-state index in [-0.39, 0.29) is 64.5 Å². The van der Waals surface area contributed by atoms with Gasteiger partial charge in [0.2, 0.25) is 0 Å². The third-order valence-electron chi connectivity index (χ3n) is 1.76. The normalized spacial score (nSPS) is 27.6. The second-order valence-electron chi connectivity index (χ2n) is 2.70. The quantitative estimate of drug-likeness (QED) is 0.328. The summed E-state index contributed by atoms with van der Waals surface area (Å²) in [6, 6.07) is -0.541. The smallest absolute Gasteiger partial charge is 0.358 e. The number of nitrogens with zero attached hydrogens (tertiary/aromatic N) is 2. The molecule has 0 radical (unpaired) electrons. The molecule has 7 heteroatoms. The van der Waals surface area contributed by atoms with Gasteiger partial charge in [0.25, 0.3) is 5.91 Å². The summed E-state index contributed by atoms with van der Waals surface area (Å²) in [6.45, 7) is 1.62. The summed E-state index contributed by atoms with van der Waals surface area (Å²) in [5.74, 6) is -0.487. The molecule has 0 aromatic rings. The predicted molar refractivity (Wildman–Crippen MR) is 47.4 cm³/mol. The van der Waals surface area contributed by atoms with Crippen molar-refractivity contribution < 1.29 is 61.0 Å². The molecule has 70 valence electrons. The Morgan fingerprint density at radius 3 is 2.71 bits per heavy atom. The molecule has 1 atom stereocenters. The number of carbonyl (C=O) groups excluding carboxylic acids is 2. The predicted octanol–water partition coefficient (Wildman–Crippen LogP) is -3.52. The van der Waals surface area contributed by atoms with Gasteiger partial charge in [-0.15, -0.1) is 0 Å². The number of hydrogen-bond donors (Lipinski definition) is 2. The third kappa shape index (κ3) is 2.11.